The Kier molecular flexibility index (Phi) is 2.41. The molecule has 14 heavy (non-hydrogen) atoms. The summed E-state index contributed by atoms with van der Waals surface area (Å²) in [5, 5.41) is 5.28. The van der Waals surface area contributed by atoms with Crippen LogP contribution in [0.5, 0.6) is 0 Å². The van der Waals surface area contributed by atoms with Crippen LogP contribution in [0.4, 0.5) is 0 Å². The number of hydrogen-bond acceptors (Lipinski definition) is 4. The lowest BCUT2D eigenvalue weighted by atomic mass is 9.98. The van der Waals surface area contributed by atoms with Gasteiger partial charge in [-0.15, -0.1) is 22.7 Å². The van der Waals surface area contributed by atoms with E-state index in [1.807, 2.05) is 10.9 Å². The molecule has 0 unspecified atom stereocenters. The number of hydrogen-bond donors (Lipinski definition) is 0. The third-order valence-corrected chi connectivity index (χ3v) is 3.70. The zero-order chi connectivity index (χ0) is 10.2. The largest absolute Gasteiger partial charge is 0.243 e. The molecule has 0 aliphatic carbocycles. The molecule has 74 valence electrons. The zero-order valence-corrected chi connectivity index (χ0v) is 10.1. The molecule has 0 aliphatic rings. The second kappa shape index (κ2) is 3.44. The van der Waals surface area contributed by atoms with Crippen molar-refractivity contribution in [1.82, 2.24) is 9.97 Å². The van der Waals surface area contributed by atoms with E-state index >= 15 is 0 Å². The Morgan fingerprint density at radius 2 is 1.93 bits per heavy atom. The Hall–Kier alpha value is -0.740. The first-order chi connectivity index (χ1) is 6.57. The van der Waals surface area contributed by atoms with E-state index in [-0.39, 0.29) is 5.41 Å². The molecule has 0 atom stereocenters. The molecule has 4 heteroatoms. The Bertz CT molecular complexity index is 410. The zero-order valence-electron chi connectivity index (χ0n) is 8.44. The Morgan fingerprint density at radius 3 is 2.43 bits per heavy atom. The van der Waals surface area contributed by atoms with Gasteiger partial charge < -0.3 is 0 Å². The van der Waals surface area contributed by atoms with E-state index in [0.29, 0.717) is 0 Å². The van der Waals surface area contributed by atoms with Crippen LogP contribution < -0.4 is 0 Å². The average Bonchev–Trinajstić information content (AvgIpc) is 2.73. The fourth-order valence-corrected chi connectivity index (χ4v) is 2.52. The maximum Gasteiger partial charge on any atom is 0.101 e. The van der Waals surface area contributed by atoms with E-state index < -0.39 is 0 Å². The molecular formula is C10H12N2S2. The maximum atomic E-state index is 4.59. The summed E-state index contributed by atoms with van der Waals surface area (Å²) in [7, 11) is 0. The average molecular weight is 224 g/mol. The highest BCUT2D eigenvalue weighted by atomic mass is 32.1. The third kappa shape index (κ3) is 1.86. The van der Waals surface area contributed by atoms with Crippen molar-refractivity contribution >= 4 is 22.7 Å². The lowest BCUT2D eigenvalue weighted by molar-refractivity contribution is 0.586. The van der Waals surface area contributed by atoms with Gasteiger partial charge in [0.1, 0.15) is 11.4 Å². The van der Waals surface area contributed by atoms with Crippen LogP contribution in [0.15, 0.2) is 16.3 Å². The first-order valence-corrected chi connectivity index (χ1v) is 6.24. The standard InChI is InChI=1S/C10H12N2S2/c1-10(2,3)9-12-8(5-14-9)7-4-13-6-11-7/h4-6H,1-3H3. The van der Waals surface area contributed by atoms with Gasteiger partial charge in [0.15, 0.2) is 0 Å². The summed E-state index contributed by atoms with van der Waals surface area (Å²) in [6, 6.07) is 0. The van der Waals surface area contributed by atoms with E-state index in [1.54, 1.807) is 22.7 Å². The molecule has 0 saturated carbocycles. The maximum absolute atomic E-state index is 4.59. The molecule has 2 heterocycles. The van der Waals surface area contributed by atoms with Crippen molar-refractivity contribution in [3.63, 3.8) is 0 Å². The van der Waals surface area contributed by atoms with Crippen molar-refractivity contribution in [3.05, 3.63) is 21.3 Å². The van der Waals surface area contributed by atoms with Crippen LogP contribution in [-0.2, 0) is 5.41 Å². The van der Waals surface area contributed by atoms with E-state index in [1.165, 1.54) is 5.01 Å². The minimum absolute atomic E-state index is 0.138. The molecule has 0 spiro atoms. The van der Waals surface area contributed by atoms with Crippen LogP contribution in [0.3, 0.4) is 0 Å². The van der Waals surface area contributed by atoms with Gasteiger partial charge in [-0.2, -0.15) is 0 Å². The summed E-state index contributed by atoms with van der Waals surface area (Å²) in [6.07, 6.45) is 0. The summed E-state index contributed by atoms with van der Waals surface area (Å²) in [6.45, 7) is 6.53. The first-order valence-electron chi connectivity index (χ1n) is 4.42. The molecule has 0 fully saturated rings. The van der Waals surface area contributed by atoms with Gasteiger partial charge >= 0.3 is 0 Å². The van der Waals surface area contributed by atoms with Crippen LogP contribution in [0.25, 0.3) is 11.4 Å². The summed E-state index contributed by atoms with van der Waals surface area (Å²) >= 11 is 3.31. The Morgan fingerprint density at radius 1 is 1.14 bits per heavy atom. The first kappa shape index (κ1) is 9.80. The topological polar surface area (TPSA) is 25.8 Å². The molecule has 2 nitrogen and oxygen atoms in total. The normalized spacial score (nSPS) is 11.9. The monoisotopic (exact) mass is 224 g/mol. The quantitative estimate of drug-likeness (QED) is 0.740. The second-order valence-electron chi connectivity index (χ2n) is 4.16. The van der Waals surface area contributed by atoms with Crippen LogP contribution in [0, 0.1) is 0 Å². The minimum atomic E-state index is 0.138. The predicted octanol–water partition coefficient (Wildman–Crippen LogP) is 3.56. The number of rotatable bonds is 1. The van der Waals surface area contributed by atoms with Gasteiger partial charge in [-0.25, -0.2) is 9.97 Å². The lowest BCUT2D eigenvalue weighted by Gasteiger charge is -2.13. The van der Waals surface area contributed by atoms with E-state index in [9.17, 15) is 0 Å². The summed E-state index contributed by atoms with van der Waals surface area (Å²) in [4.78, 5) is 8.83. The van der Waals surface area contributed by atoms with Crippen molar-refractivity contribution in [1.29, 1.82) is 0 Å². The van der Waals surface area contributed by atoms with E-state index in [2.05, 4.69) is 36.1 Å². The summed E-state index contributed by atoms with van der Waals surface area (Å²) in [5.41, 5.74) is 3.97. The highest BCUT2D eigenvalue weighted by molar-refractivity contribution is 7.10. The molecule has 0 aliphatic heterocycles. The van der Waals surface area contributed by atoms with Crippen molar-refractivity contribution in [2.45, 2.75) is 26.2 Å². The Labute approximate surface area is 91.7 Å². The molecule has 0 saturated heterocycles. The van der Waals surface area contributed by atoms with Crippen molar-refractivity contribution in [3.8, 4) is 11.4 Å². The lowest BCUT2D eigenvalue weighted by Crippen LogP contribution is -2.10. The molecule has 0 bridgehead atoms. The molecule has 2 rings (SSSR count). The molecular weight excluding hydrogens is 212 g/mol. The molecule has 0 aromatic carbocycles. The SMILES string of the molecule is CC(C)(C)c1nc(-c2cscn2)cs1. The minimum Gasteiger partial charge on any atom is -0.243 e. The fraction of sp³-hybridized carbons (Fsp3) is 0.400. The molecule has 2 aromatic heterocycles. The van der Waals surface area contributed by atoms with E-state index in [0.717, 1.165) is 11.4 Å². The molecule has 0 radical (unpaired) electrons. The van der Waals surface area contributed by atoms with Crippen molar-refractivity contribution < 1.29 is 0 Å². The highest BCUT2D eigenvalue weighted by Crippen LogP contribution is 2.29. The van der Waals surface area contributed by atoms with Crippen LogP contribution in [0.2, 0.25) is 0 Å². The van der Waals surface area contributed by atoms with Gasteiger partial charge in [0.05, 0.1) is 10.5 Å². The Balaban J connectivity index is 2.36. The smallest absolute Gasteiger partial charge is 0.101 e. The summed E-state index contributed by atoms with van der Waals surface area (Å²) in [5.74, 6) is 0. The number of thiazole rings is 2. The van der Waals surface area contributed by atoms with Crippen LogP contribution in [-0.4, -0.2) is 9.97 Å². The number of nitrogens with zero attached hydrogens (tertiary/aromatic N) is 2. The highest BCUT2D eigenvalue weighted by Gasteiger charge is 2.18. The van der Waals surface area contributed by atoms with Gasteiger partial charge in [-0.3, -0.25) is 0 Å². The predicted molar refractivity (Wildman–Crippen MR) is 61.9 cm³/mol. The van der Waals surface area contributed by atoms with Crippen LogP contribution in [0.1, 0.15) is 25.8 Å². The molecule has 2 aromatic rings. The van der Waals surface area contributed by atoms with Gasteiger partial charge in [0, 0.05) is 16.2 Å². The fourth-order valence-electron chi connectivity index (χ4n) is 1.07. The summed E-state index contributed by atoms with van der Waals surface area (Å²) < 4.78 is 0. The molecule has 0 N–H and O–H groups in total. The molecule has 0 amide bonds. The van der Waals surface area contributed by atoms with Gasteiger partial charge in [0.2, 0.25) is 0 Å². The second-order valence-corrected chi connectivity index (χ2v) is 5.74. The number of aromatic nitrogens is 2. The van der Waals surface area contributed by atoms with Gasteiger partial charge in [-0.1, -0.05) is 20.8 Å². The van der Waals surface area contributed by atoms with Crippen molar-refractivity contribution in [2.75, 3.05) is 0 Å². The van der Waals surface area contributed by atoms with Crippen molar-refractivity contribution in [2.24, 2.45) is 0 Å². The van der Waals surface area contributed by atoms with Gasteiger partial charge in [0.25, 0.3) is 0 Å². The van der Waals surface area contributed by atoms with E-state index in [4.69, 9.17) is 0 Å². The van der Waals surface area contributed by atoms with Gasteiger partial charge in [-0.05, 0) is 0 Å². The van der Waals surface area contributed by atoms with Crippen LogP contribution >= 0.6 is 22.7 Å². The third-order valence-electron chi connectivity index (χ3n) is 1.84.